The molecule has 0 unspecified atom stereocenters. The van der Waals surface area contributed by atoms with E-state index in [9.17, 15) is 4.79 Å². The Kier molecular flexibility index (Phi) is 7.17. The van der Waals surface area contributed by atoms with Crippen molar-refractivity contribution in [3.05, 3.63) is 70.3 Å². The van der Waals surface area contributed by atoms with Crippen molar-refractivity contribution in [1.29, 1.82) is 0 Å². The second-order valence-electron chi connectivity index (χ2n) is 7.51. The molecule has 0 radical (unpaired) electrons. The van der Waals surface area contributed by atoms with Gasteiger partial charge in [-0.25, -0.2) is 4.98 Å². The molecule has 4 rings (SSSR count). The quantitative estimate of drug-likeness (QED) is 0.324. The first-order valence-corrected chi connectivity index (χ1v) is 11.7. The number of nitrogens with one attached hydrogen (secondary N) is 1. The summed E-state index contributed by atoms with van der Waals surface area (Å²) >= 11 is 7.99. The van der Waals surface area contributed by atoms with Crippen LogP contribution in [0, 0.1) is 0 Å². The molecule has 1 aromatic carbocycles. The number of imidazole rings is 1. The molecule has 0 aliphatic carbocycles. The minimum absolute atomic E-state index is 0.0927. The molecule has 7 nitrogen and oxygen atoms in total. The molecule has 1 atom stereocenters. The van der Waals surface area contributed by atoms with Gasteiger partial charge in [0.2, 0.25) is 5.91 Å². The van der Waals surface area contributed by atoms with Gasteiger partial charge in [-0.05, 0) is 38.2 Å². The Balaban J connectivity index is 1.60. The van der Waals surface area contributed by atoms with E-state index in [1.807, 2.05) is 67.2 Å². The van der Waals surface area contributed by atoms with Gasteiger partial charge in [-0.15, -0.1) is 11.3 Å². The number of hydrogen-bond acceptors (Lipinski definition) is 6. The van der Waals surface area contributed by atoms with Crippen molar-refractivity contribution in [3.63, 3.8) is 0 Å². The minimum Gasteiger partial charge on any atom is -0.492 e. The number of halogens is 1. The highest BCUT2D eigenvalue weighted by Gasteiger charge is 2.20. The lowest BCUT2D eigenvalue weighted by Crippen LogP contribution is -2.16. The van der Waals surface area contributed by atoms with Gasteiger partial charge in [0.1, 0.15) is 29.9 Å². The van der Waals surface area contributed by atoms with Crippen LogP contribution in [0.2, 0.25) is 5.02 Å². The third-order valence-corrected chi connectivity index (χ3v) is 6.57. The van der Waals surface area contributed by atoms with Crippen LogP contribution >= 0.6 is 22.9 Å². The Bertz CT molecular complexity index is 1270. The molecule has 0 saturated carbocycles. The number of benzene rings is 1. The van der Waals surface area contributed by atoms with E-state index < -0.39 is 5.91 Å². The fourth-order valence-electron chi connectivity index (χ4n) is 3.49. The summed E-state index contributed by atoms with van der Waals surface area (Å²) in [7, 11) is 1.87. The van der Waals surface area contributed by atoms with Crippen LogP contribution in [0.5, 0.6) is 11.5 Å². The first kappa shape index (κ1) is 23.1. The third kappa shape index (κ3) is 5.30. The molecule has 0 spiro atoms. The van der Waals surface area contributed by atoms with Crippen LogP contribution in [0.4, 0.5) is 0 Å². The van der Waals surface area contributed by atoms with Crippen LogP contribution in [-0.4, -0.2) is 35.5 Å². The molecule has 3 N–H and O–H groups in total. The van der Waals surface area contributed by atoms with Gasteiger partial charge >= 0.3 is 0 Å². The molecule has 0 aliphatic heterocycles. The molecule has 172 valence electrons. The monoisotopic (exact) mass is 484 g/mol. The fourth-order valence-corrected chi connectivity index (χ4v) is 4.92. The Labute approximate surface area is 201 Å². The SMILES string of the molecule is CNCCOc1ccc([C@@H](C)Oc2cc(-c3cnc4ccccn34)sc2CC(N)=O)c(Cl)c1. The van der Waals surface area contributed by atoms with Crippen molar-refractivity contribution >= 4 is 34.5 Å². The summed E-state index contributed by atoms with van der Waals surface area (Å²) in [5.74, 6) is 0.892. The van der Waals surface area contributed by atoms with Gasteiger partial charge in [-0.2, -0.15) is 0 Å². The average molecular weight is 485 g/mol. The molecule has 0 aliphatic rings. The van der Waals surface area contributed by atoms with E-state index in [1.165, 1.54) is 11.3 Å². The molecule has 3 heterocycles. The Morgan fingerprint density at radius 2 is 2.15 bits per heavy atom. The molecular weight excluding hydrogens is 460 g/mol. The fraction of sp³-hybridized carbons (Fsp3) is 0.250. The summed E-state index contributed by atoms with van der Waals surface area (Å²) in [6, 6.07) is 13.3. The predicted molar refractivity (Wildman–Crippen MR) is 131 cm³/mol. The van der Waals surface area contributed by atoms with Crippen LogP contribution < -0.4 is 20.5 Å². The van der Waals surface area contributed by atoms with Crippen LogP contribution in [0.15, 0.2) is 54.9 Å². The highest BCUT2D eigenvalue weighted by Crippen LogP contribution is 2.39. The van der Waals surface area contributed by atoms with E-state index in [0.717, 1.165) is 33.2 Å². The zero-order valence-corrected chi connectivity index (χ0v) is 19.9. The Morgan fingerprint density at radius 3 is 2.91 bits per heavy atom. The lowest BCUT2D eigenvalue weighted by Gasteiger charge is -2.17. The van der Waals surface area contributed by atoms with Crippen molar-refractivity contribution in [2.75, 3.05) is 20.2 Å². The van der Waals surface area contributed by atoms with Crippen LogP contribution in [0.3, 0.4) is 0 Å². The van der Waals surface area contributed by atoms with Gasteiger partial charge in [-0.1, -0.05) is 23.7 Å². The number of nitrogens with two attached hydrogens (primary N) is 1. The first-order chi connectivity index (χ1) is 16.0. The maximum absolute atomic E-state index is 11.7. The normalized spacial score (nSPS) is 12.1. The van der Waals surface area contributed by atoms with Crippen molar-refractivity contribution in [2.45, 2.75) is 19.4 Å². The number of carbonyl (C=O) groups is 1. The number of pyridine rings is 1. The molecule has 1 amide bonds. The second-order valence-corrected chi connectivity index (χ2v) is 9.05. The smallest absolute Gasteiger partial charge is 0.222 e. The van der Waals surface area contributed by atoms with E-state index in [4.69, 9.17) is 26.8 Å². The molecule has 3 aromatic heterocycles. The van der Waals surface area contributed by atoms with E-state index in [1.54, 1.807) is 6.07 Å². The number of likely N-dealkylation sites (N-methyl/N-ethyl adjacent to an activating group) is 1. The van der Waals surface area contributed by atoms with Crippen molar-refractivity contribution in [2.24, 2.45) is 5.73 Å². The number of fused-ring (bicyclic) bond motifs is 1. The van der Waals surface area contributed by atoms with Crippen molar-refractivity contribution in [1.82, 2.24) is 14.7 Å². The van der Waals surface area contributed by atoms with Crippen LogP contribution in [0.1, 0.15) is 23.5 Å². The van der Waals surface area contributed by atoms with Crippen molar-refractivity contribution < 1.29 is 14.3 Å². The number of amides is 1. The van der Waals surface area contributed by atoms with E-state index in [0.29, 0.717) is 23.1 Å². The van der Waals surface area contributed by atoms with E-state index in [2.05, 4.69) is 10.3 Å². The molecule has 4 aromatic rings. The highest BCUT2D eigenvalue weighted by atomic mass is 35.5. The summed E-state index contributed by atoms with van der Waals surface area (Å²) in [6.45, 7) is 3.21. The van der Waals surface area contributed by atoms with Gasteiger partial charge in [-0.3, -0.25) is 9.20 Å². The van der Waals surface area contributed by atoms with Crippen LogP contribution in [-0.2, 0) is 11.2 Å². The topological polar surface area (TPSA) is 90.9 Å². The minimum atomic E-state index is -0.417. The van der Waals surface area contributed by atoms with Gasteiger partial charge < -0.3 is 20.5 Å². The standard InChI is InChI=1S/C24H25ClN4O3S/c1-15(17-7-6-16(11-18(17)25)31-10-8-27-2)32-20-12-21(33-22(20)13-23(26)30)19-14-28-24-5-3-4-9-29(19)24/h3-7,9,11-12,14-15,27H,8,10,13H2,1-2H3,(H2,26,30)/t15-/m1/s1. The Hall–Kier alpha value is -3.07. The molecule has 0 bridgehead atoms. The number of primary amides is 1. The van der Waals surface area contributed by atoms with Gasteiger partial charge in [0.25, 0.3) is 0 Å². The zero-order chi connectivity index (χ0) is 23.4. The second kappa shape index (κ2) is 10.2. The van der Waals surface area contributed by atoms with Crippen molar-refractivity contribution in [3.8, 4) is 22.1 Å². The number of hydrogen-bond donors (Lipinski definition) is 2. The molecule has 0 fully saturated rings. The van der Waals surface area contributed by atoms with Gasteiger partial charge in [0.15, 0.2) is 0 Å². The predicted octanol–water partition coefficient (Wildman–Crippen LogP) is 4.48. The summed E-state index contributed by atoms with van der Waals surface area (Å²) in [4.78, 5) is 17.9. The molecular formula is C24H25ClN4O3S. The number of carbonyl (C=O) groups excluding carboxylic acids is 1. The summed E-state index contributed by atoms with van der Waals surface area (Å²) in [5, 5.41) is 3.59. The number of aromatic nitrogens is 2. The zero-order valence-electron chi connectivity index (χ0n) is 18.4. The molecule has 9 heteroatoms. The van der Waals surface area contributed by atoms with Gasteiger partial charge in [0, 0.05) is 24.4 Å². The number of thiophene rings is 1. The third-order valence-electron chi connectivity index (χ3n) is 5.11. The highest BCUT2D eigenvalue weighted by molar-refractivity contribution is 7.15. The number of ether oxygens (including phenoxy) is 2. The Morgan fingerprint density at radius 1 is 1.30 bits per heavy atom. The number of nitrogens with zero attached hydrogens (tertiary/aromatic N) is 2. The lowest BCUT2D eigenvalue weighted by molar-refractivity contribution is -0.117. The number of rotatable bonds is 10. The van der Waals surface area contributed by atoms with Crippen LogP contribution in [0.25, 0.3) is 16.2 Å². The van der Waals surface area contributed by atoms with E-state index >= 15 is 0 Å². The summed E-state index contributed by atoms with van der Waals surface area (Å²) in [5.41, 5.74) is 8.09. The molecule has 33 heavy (non-hydrogen) atoms. The first-order valence-electron chi connectivity index (χ1n) is 10.5. The molecule has 0 saturated heterocycles. The average Bonchev–Trinajstić information content (AvgIpc) is 3.37. The largest absolute Gasteiger partial charge is 0.492 e. The lowest BCUT2D eigenvalue weighted by atomic mass is 10.1. The van der Waals surface area contributed by atoms with E-state index in [-0.39, 0.29) is 12.5 Å². The maximum atomic E-state index is 11.7. The summed E-state index contributed by atoms with van der Waals surface area (Å²) < 4.78 is 14.0. The maximum Gasteiger partial charge on any atom is 0.222 e. The summed E-state index contributed by atoms with van der Waals surface area (Å²) in [6.07, 6.45) is 3.51. The van der Waals surface area contributed by atoms with Gasteiger partial charge in [0.05, 0.1) is 33.1 Å².